The second-order valence-corrected chi connectivity index (χ2v) is 6.11. The highest BCUT2D eigenvalue weighted by molar-refractivity contribution is 7.18. The minimum absolute atomic E-state index is 0.0375. The zero-order valence-corrected chi connectivity index (χ0v) is 13.5. The summed E-state index contributed by atoms with van der Waals surface area (Å²) in [6, 6.07) is -0.871. The highest BCUT2D eigenvalue weighted by Crippen LogP contribution is 2.32. The number of fused-ring (bicyclic) bond motifs is 1. The molecule has 0 bridgehead atoms. The Bertz CT molecular complexity index is 713. The van der Waals surface area contributed by atoms with Gasteiger partial charge in [-0.3, -0.25) is 4.79 Å². The van der Waals surface area contributed by atoms with Gasteiger partial charge in [0.25, 0.3) is 0 Å². The lowest BCUT2D eigenvalue weighted by atomic mass is 10.2. The topological polar surface area (TPSA) is 104 Å². The van der Waals surface area contributed by atoms with E-state index >= 15 is 0 Å². The van der Waals surface area contributed by atoms with Gasteiger partial charge in [-0.05, 0) is 25.8 Å². The molecule has 2 aromatic heterocycles. The molecular formula is C14H18N4O3S. The standard InChI is InChI=1S/C14H18N4O3S/c1-4-9(14(20)21)18-10(19)5-15-12-11-7(2)8(3)22-13(11)17-6-16-12/h6,9H,4-5H2,1-3H3,(H,18,19)(H,20,21)(H,15,16,17). The Morgan fingerprint density at radius 3 is 2.73 bits per heavy atom. The zero-order valence-electron chi connectivity index (χ0n) is 12.6. The van der Waals surface area contributed by atoms with E-state index in [4.69, 9.17) is 5.11 Å². The maximum Gasteiger partial charge on any atom is 0.326 e. The SMILES string of the molecule is CCC(NC(=O)CNc1ncnc2sc(C)c(C)c12)C(=O)O. The maximum atomic E-state index is 11.8. The Morgan fingerprint density at radius 1 is 1.36 bits per heavy atom. The summed E-state index contributed by atoms with van der Waals surface area (Å²) in [5, 5.41) is 15.3. The largest absolute Gasteiger partial charge is 0.480 e. The molecule has 7 nitrogen and oxygen atoms in total. The first-order chi connectivity index (χ1) is 10.4. The summed E-state index contributed by atoms with van der Waals surface area (Å²) in [6.07, 6.45) is 1.78. The van der Waals surface area contributed by atoms with Crippen molar-refractivity contribution in [3.63, 3.8) is 0 Å². The molecule has 0 spiro atoms. The van der Waals surface area contributed by atoms with Crippen LogP contribution in [-0.2, 0) is 9.59 Å². The molecule has 8 heteroatoms. The number of aromatic nitrogens is 2. The van der Waals surface area contributed by atoms with Crippen molar-refractivity contribution in [1.82, 2.24) is 15.3 Å². The fraction of sp³-hybridized carbons (Fsp3) is 0.429. The van der Waals surface area contributed by atoms with Crippen LogP contribution in [0.5, 0.6) is 0 Å². The molecule has 0 aliphatic rings. The van der Waals surface area contributed by atoms with Crippen molar-refractivity contribution in [2.45, 2.75) is 33.2 Å². The van der Waals surface area contributed by atoms with E-state index in [-0.39, 0.29) is 12.5 Å². The number of carboxylic acids is 1. The van der Waals surface area contributed by atoms with Crippen LogP contribution in [0.2, 0.25) is 0 Å². The second-order valence-electron chi connectivity index (χ2n) is 4.91. The van der Waals surface area contributed by atoms with E-state index in [2.05, 4.69) is 20.6 Å². The molecule has 0 aliphatic heterocycles. The van der Waals surface area contributed by atoms with Gasteiger partial charge in [-0.2, -0.15) is 0 Å². The van der Waals surface area contributed by atoms with Gasteiger partial charge in [0.15, 0.2) is 0 Å². The first-order valence-electron chi connectivity index (χ1n) is 6.90. The molecule has 3 N–H and O–H groups in total. The van der Waals surface area contributed by atoms with Crippen molar-refractivity contribution in [3.05, 3.63) is 16.8 Å². The van der Waals surface area contributed by atoms with Crippen molar-refractivity contribution >= 4 is 39.2 Å². The number of aryl methyl sites for hydroxylation is 2. The molecule has 0 fully saturated rings. The maximum absolute atomic E-state index is 11.8. The highest BCUT2D eigenvalue weighted by atomic mass is 32.1. The molecule has 2 heterocycles. The van der Waals surface area contributed by atoms with Gasteiger partial charge in [-0.25, -0.2) is 14.8 Å². The molecule has 2 aromatic rings. The lowest BCUT2D eigenvalue weighted by molar-refractivity contribution is -0.141. The number of aliphatic carboxylic acids is 1. The van der Waals surface area contributed by atoms with E-state index in [9.17, 15) is 9.59 Å². The van der Waals surface area contributed by atoms with E-state index in [1.54, 1.807) is 18.3 Å². The molecule has 0 aliphatic carbocycles. The Labute approximate surface area is 131 Å². The summed E-state index contributed by atoms with van der Waals surface area (Å²) < 4.78 is 0. The van der Waals surface area contributed by atoms with E-state index in [1.807, 2.05) is 13.8 Å². The summed E-state index contributed by atoms with van der Waals surface area (Å²) in [7, 11) is 0. The third-order valence-corrected chi connectivity index (χ3v) is 4.54. The van der Waals surface area contributed by atoms with Gasteiger partial charge >= 0.3 is 5.97 Å². The summed E-state index contributed by atoms with van der Waals surface area (Å²) >= 11 is 1.58. The molecule has 1 unspecified atom stereocenters. The highest BCUT2D eigenvalue weighted by Gasteiger charge is 2.18. The Kier molecular flexibility index (Phi) is 4.92. The number of carbonyl (C=O) groups is 2. The van der Waals surface area contributed by atoms with Gasteiger partial charge in [-0.1, -0.05) is 6.92 Å². The molecule has 0 saturated carbocycles. The number of carbonyl (C=O) groups excluding carboxylic acids is 1. The quantitative estimate of drug-likeness (QED) is 0.748. The van der Waals surface area contributed by atoms with Crippen LogP contribution >= 0.6 is 11.3 Å². The normalized spacial score (nSPS) is 12.1. The van der Waals surface area contributed by atoms with Crippen LogP contribution in [-0.4, -0.2) is 39.5 Å². The number of thiophene rings is 1. The van der Waals surface area contributed by atoms with Crippen molar-refractivity contribution < 1.29 is 14.7 Å². The Balaban J connectivity index is 2.09. The Hall–Kier alpha value is -2.22. The first-order valence-corrected chi connectivity index (χ1v) is 7.72. The average Bonchev–Trinajstić information content (AvgIpc) is 2.78. The molecule has 22 heavy (non-hydrogen) atoms. The molecule has 0 radical (unpaired) electrons. The number of anilines is 1. The van der Waals surface area contributed by atoms with Crippen LogP contribution in [0.3, 0.4) is 0 Å². The third-order valence-electron chi connectivity index (χ3n) is 3.42. The lowest BCUT2D eigenvalue weighted by Gasteiger charge is -2.13. The van der Waals surface area contributed by atoms with E-state index < -0.39 is 12.0 Å². The number of rotatable bonds is 6. The van der Waals surface area contributed by atoms with Crippen LogP contribution in [0.4, 0.5) is 5.82 Å². The van der Waals surface area contributed by atoms with Gasteiger partial charge in [0.05, 0.1) is 11.9 Å². The summed E-state index contributed by atoms with van der Waals surface area (Å²) in [5.74, 6) is -0.833. The number of hydrogen-bond donors (Lipinski definition) is 3. The van der Waals surface area contributed by atoms with Crippen LogP contribution in [0.15, 0.2) is 6.33 Å². The van der Waals surface area contributed by atoms with Crippen molar-refractivity contribution in [2.24, 2.45) is 0 Å². The predicted molar refractivity (Wildman–Crippen MR) is 85.2 cm³/mol. The van der Waals surface area contributed by atoms with E-state index in [0.717, 1.165) is 20.7 Å². The zero-order chi connectivity index (χ0) is 16.3. The minimum atomic E-state index is -1.04. The number of hydrogen-bond acceptors (Lipinski definition) is 6. The molecule has 0 aromatic carbocycles. The predicted octanol–water partition coefficient (Wildman–Crippen LogP) is 1.70. The van der Waals surface area contributed by atoms with E-state index in [1.165, 1.54) is 6.33 Å². The second kappa shape index (κ2) is 6.69. The molecule has 2 rings (SSSR count). The molecule has 0 saturated heterocycles. The van der Waals surface area contributed by atoms with Crippen molar-refractivity contribution in [1.29, 1.82) is 0 Å². The summed E-state index contributed by atoms with van der Waals surface area (Å²) in [5.41, 5.74) is 1.08. The lowest BCUT2D eigenvalue weighted by Crippen LogP contribution is -2.42. The van der Waals surface area contributed by atoms with Gasteiger partial charge in [-0.15, -0.1) is 11.3 Å². The summed E-state index contributed by atoms with van der Waals surface area (Å²) in [4.78, 5) is 33.2. The fourth-order valence-corrected chi connectivity index (χ4v) is 3.06. The van der Waals surface area contributed by atoms with E-state index in [0.29, 0.717) is 12.2 Å². The van der Waals surface area contributed by atoms with Crippen molar-refractivity contribution in [3.8, 4) is 0 Å². The number of amides is 1. The molecule has 1 atom stereocenters. The van der Waals surface area contributed by atoms with Crippen LogP contribution in [0.1, 0.15) is 23.8 Å². The molecular weight excluding hydrogens is 304 g/mol. The first kappa shape index (κ1) is 16.2. The summed E-state index contributed by atoms with van der Waals surface area (Å²) in [6.45, 7) is 5.67. The number of nitrogens with one attached hydrogen (secondary N) is 2. The van der Waals surface area contributed by atoms with Crippen LogP contribution in [0.25, 0.3) is 10.2 Å². The number of nitrogens with zero attached hydrogens (tertiary/aromatic N) is 2. The molecule has 1 amide bonds. The van der Waals surface area contributed by atoms with Gasteiger partial charge in [0, 0.05) is 4.88 Å². The van der Waals surface area contributed by atoms with Gasteiger partial charge in [0.1, 0.15) is 23.0 Å². The van der Waals surface area contributed by atoms with Gasteiger partial charge in [0.2, 0.25) is 5.91 Å². The van der Waals surface area contributed by atoms with Crippen LogP contribution in [0, 0.1) is 13.8 Å². The monoisotopic (exact) mass is 322 g/mol. The smallest absolute Gasteiger partial charge is 0.326 e. The van der Waals surface area contributed by atoms with Crippen LogP contribution < -0.4 is 10.6 Å². The van der Waals surface area contributed by atoms with Crippen molar-refractivity contribution in [2.75, 3.05) is 11.9 Å². The Morgan fingerprint density at radius 2 is 2.09 bits per heavy atom. The fourth-order valence-electron chi connectivity index (χ4n) is 2.06. The third kappa shape index (κ3) is 3.33. The number of carboxylic acid groups (broad SMARTS) is 1. The molecule has 118 valence electrons. The van der Waals surface area contributed by atoms with Gasteiger partial charge < -0.3 is 15.7 Å². The average molecular weight is 322 g/mol. The minimum Gasteiger partial charge on any atom is -0.480 e.